The maximum atomic E-state index is 10.8. The van der Waals surface area contributed by atoms with Gasteiger partial charge in [0.05, 0.1) is 4.92 Å². The number of anilines is 1. The Kier molecular flexibility index (Phi) is 4.19. The predicted molar refractivity (Wildman–Crippen MR) is 69.4 cm³/mol. The number of aromatic nitrogens is 1. The minimum atomic E-state index is -0.397. The van der Waals surface area contributed by atoms with Crippen molar-refractivity contribution in [2.24, 2.45) is 5.92 Å². The van der Waals surface area contributed by atoms with Gasteiger partial charge in [0.15, 0.2) is 0 Å². The van der Waals surface area contributed by atoms with Crippen LogP contribution >= 0.6 is 11.8 Å². The Morgan fingerprint density at radius 2 is 2.29 bits per heavy atom. The van der Waals surface area contributed by atoms with E-state index in [9.17, 15) is 10.1 Å². The van der Waals surface area contributed by atoms with E-state index in [4.69, 9.17) is 0 Å². The van der Waals surface area contributed by atoms with Crippen LogP contribution in [0.2, 0.25) is 0 Å². The standard InChI is InChI=1S/C11H15N3O2S/c15-14(16)10-2-1-5-12-11(10)13-8-9-3-6-17-7-4-9/h1-2,5,9H,3-4,6-8H2,(H,12,13). The van der Waals surface area contributed by atoms with E-state index in [2.05, 4.69) is 10.3 Å². The Labute approximate surface area is 104 Å². The molecule has 0 saturated carbocycles. The van der Waals surface area contributed by atoms with Crippen molar-refractivity contribution in [1.82, 2.24) is 4.98 Å². The maximum absolute atomic E-state index is 10.8. The van der Waals surface area contributed by atoms with E-state index in [0.29, 0.717) is 11.7 Å². The summed E-state index contributed by atoms with van der Waals surface area (Å²) in [6.45, 7) is 0.776. The summed E-state index contributed by atoms with van der Waals surface area (Å²) in [7, 11) is 0. The van der Waals surface area contributed by atoms with Crippen LogP contribution < -0.4 is 5.32 Å². The van der Waals surface area contributed by atoms with Crippen molar-refractivity contribution in [3.05, 3.63) is 28.4 Å². The summed E-state index contributed by atoms with van der Waals surface area (Å²) in [5, 5.41) is 13.9. The van der Waals surface area contributed by atoms with Gasteiger partial charge >= 0.3 is 5.69 Å². The topological polar surface area (TPSA) is 68.1 Å². The second-order valence-corrected chi connectivity index (χ2v) is 5.29. The molecular formula is C11H15N3O2S. The first-order valence-electron chi connectivity index (χ1n) is 5.68. The molecule has 92 valence electrons. The van der Waals surface area contributed by atoms with Crippen LogP contribution in [-0.4, -0.2) is 28.0 Å². The van der Waals surface area contributed by atoms with Gasteiger partial charge in [-0.3, -0.25) is 10.1 Å². The van der Waals surface area contributed by atoms with E-state index in [0.717, 1.165) is 6.54 Å². The lowest BCUT2D eigenvalue weighted by atomic mass is 10.0. The molecule has 17 heavy (non-hydrogen) atoms. The average molecular weight is 253 g/mol. The number of nitrogens with one attached hydrogen (secondary N) is 1. The van der Waals surface area contributed by atoms with Crippen LogP contribution in [0.5, 0.6) is 0 Å². The molecule has 1 aromatic rings. The van der Waals surface area contributed by atoms with Crippen molar-refractivity contribution >= 4 is 23.3 Å². The number of nitrogens with zero attached hydrogens (tertiary/aromatic N) is 2. The van der Waals surface area contributed by atoms with E-state index in [1.807, 2.05) is 11.8 Å². The monoisotopic (exact) mass is 253 g/mol. The van der Waals surface area contributed by atoms with E-state index in [1.54, 1.807) is 12.3 Å². The Hall–Kier alpha value is -1.30. The van der Waals surface area contributed by atoms with Crippen LogP contribution in [0.15, 0.2) is 18.3 Å². The fourth-order valence-electron chi connectivity index (χ4n) is 1.87. The smallest absolute Gasteiger partial charge is 0.311 e. The van der Waals surface area contributed by atoms with Crippen molar-refractivity contribution in [2.75, 3.05) is 23.4 Å². The molecule has 0 bridgehead atoms. The largest absolute Gasteiger partial charge is 0.364 e. The summed E-state index contributed by atoms with van der Waals surface area (Å²) in [6, 6.07) is 3.06. The molecule has 1 aromatic heterocycles. The van der Waals surface area contributed by atoms with E-state index in [-0.39, 0.29) is 5.69 Å². The molecule has 0 atom stereocenters. The number of hydrogen-bond acceptors (Lipinski definition) is 5. The van der Waals surface area contributed by atoms with E-state index < -0.39 is 4.92 Å². The van der Waals surface area contributed by atoms with Gasteiger partial charge in [0.1, 0.15) is 0 Å². The lowest BCUT2D eigenvalue weighted by Crippen LogP contribution is -2.20. The van der Waals surface area contributed by atoms with E-state index in [1.165, 1.54) is 30.4 Å². The fourth-order valence-corrected chi connectivity index (χ4v) is 3.08. The molecule has 5 nitrogen and oxygen atoms in total. The van der Waals surface area contributed by atoms with Gasteiger partial charge in [-0.2, -0.15) is 11.8 Å². The quantitative estimate of drug-likeness (QED) is 0.659. The molecule has 2 heterocycles. The molecule has 1 aliphatic rings. The summed E-state index contributed by atoms with van der Waals surface area (Å²) >= 11 is 1.98. The number of pyridine rings is 1. The van der Waals surface area contributed by atoms with Crippen LogP contribution in [0.25, 0.3) is 0 Å². The third-order valence-corrected chi connectivity index (χ3v) is 3.93. The molecule has 1 aliphatic heterocycles. The lowest BCUT2D eigenvalue weighted by molar-refractivity contribution is -0.384. The van der Waals surface area contributed by atoms with Gasteiger partial charge in [0, 0.05) is 18.8 Å². The first-order chi connectivity index (χ1) is 8.27. The highest BCUT2D eigenvalue weighted by atomic mass is 32.2. The first kappa shape index (κ1) is 12.2. The van der Waals surface area contributed by atoms with Crippen LogP contribution in [0.3, 0.4) is 0 Å². The normalized spacial score (nSPS) is 16.7. The lowest BCUT2D eigenvalue weighted by Gasteiger charge is -2.21. The fraction of sp³-hybridized carbons (Fsp3) is 0.545. The molecule has 0 amide bonds. The van der Waals surface area contributed by atoms with Crippen molar-refractivity contribution in [1.29, 1.82) is 0 Å². The number of thioether (sulfide) groups is 1. The molecular weight excluding hydrogens is 238 g/mol. The number of rotatable bonds is 4. The van der Waals surface area contributed by atoms with Gasteiger partial charge in [-0.15, -0.1) is 0 Å². The van der Waals surface area contributed by atoms with Crippen LogP contribution in [0, 0.1) is 16.0 Å². The molecule has 0 unspecified atom stereocenters. The van der Waals surface area contributed by atoms with Gasteiger partial charge in [-0.25, -0.2) is 4.98 Å². The van der Waals surface area contributed by atoms with Gasteiger partial charge in [-0.1, -0.05) is 0 Å². The molecule has 0 aliphatic carbocycles. The third kappa shape index (κ3) is 3.33. The zero-order chi connectivity index (χ0) is 12.1. The Morgan fingerprint density at radius 3 is 3.00 bits per heavy atom. The molecule has 0 spiro atoms. The molecule has 1 fully saturated rings. The minimum Gasteiger partial charge on any atom is -0.364 e. The molecule has 0 aromatic carbocycles. The summed E-state index contributed by atoms with van der Waals surface area (Å²) in [6.07, 6.45) is 3.93. The SMILES string of the molecule is O=[N+]([O-])c1cccnc1NCC1CCSCC1. The minimum absolute atomic E-state index is 0.0534. The number of hydrogen-bond donors (Lipinski definition) is 1. The Morgan fingerprint density at radius 1 is 1.53 bits per heavy atom. The van der Waals surface area contributed by atoms with Gasteiger partial charge in [0.25, 0.3) is 0 Å². The van der Waals surface area contributed by atoms with Crippen LogP contribution in [0.1, 0.15) is 12.8 Å². The Balaban J connectivity index is 1.96. The highest BCUT2D eigenvalue weighted by Gasteiger charge is 2.17. The third-order valence-electron chi connectivity index (χ3n) is 2.88. The van der Waals surface area contributed by atoms with Gasteiger partial charge in [0.2, 0.25) is 5.82 Å². The summed E-state index contributed by atoms with van der Waals surface area (Å²) < 4.78 is 0. The molecule has 0 radical (unpaired) electrons. The number of nitro groups is 1. The van der Waals surface area contributed by atoms with Gasteiger partial charge in [-0.05, 0) is 36.3 Å². The molecule has 6 heteroatoms. The van der Waals surface area contributed by atoms with Crippen molar-refractivity contribution in [2.45, 2.75) is 12.8 Å². The zero-order valence-corrected chi connectivity index (χ0v) is 10.3. The van der Waals surface area contributed by atoms with Crippen LogP contribution in [0.4, 0.5) is 11.5 Å². The average Bonchev–Trinajstić information content (AvgIpc) is 2.38. The second-order valence-electron chi connectivity index (χ2n) is 4.06. The van der Waals surface area contributed by atoms with Crippen molar-refractivity contribution < 1.29 is 4.92 Å². The zero-order valence-electron chi connectivity index (χ0n) is 9.46. The predicted octanol–water partition coefficient (Wildman–Crippen LogP) is 2.54. The second kappa shape index (κ2) is 5.86. The van der Waals surface area contributed by atoms with E-state index >= 15 is 0 Å². The Bertz CT molecular complexity index is 394. The van der Waals surface area contributed by atoms with Gasteiger partial charge < -0.3 is 5.32 Å². The maximum Gasteiger partial charge on any atom is 0.311 e. The summed E-state index contributed by atoms with van der Waals surface area (Å²) in [5.74, 6) is 3.38. The highest BCUT2D eigenvalue weighted by molar-refractivity contribution is 7.99. The first-order valence-corrected chi connectivity index (χ1v) is 6.84. The van der Waals surface area contributed by atoms with Crippen molar-refractivity contribution in [3.63, 3.8) is 0 Å². The molecule has 1 saturated heterocycles. The summed E-state index contributed by atoms with van der Waals surface area (Å²) in [4.78, 5) is 14.4. The summed E-state index contributed by atoms with van der Waals surface area (Å²) in [5.41, 5.74) is 0.0534. The highest BCUT2D eigenvalue weighted by Crippen LogP contribution is 2.25. The molecule has 1 N–H and O–H groups in total. The van der Waals surface area contributed by atoms with Crippen molar-refractivity contribution in [3.8, 4) is 0 Å². The molecule has 2 rings (SSSR count). The van der Waals surface area contributed by atoms with Crippen LogP contribution in [-0.2, 0) is 0 Å².